The van der Waals surface area contributed by atoms with Gasteiger partial charge in [-0.2, -0.15) is 0 Å². The fourth-order valence-electron chi connectivity index (χ4n) is 6.42. The van der Waals surface area contributed by atoms with Crippen molar-refractivity contribution in [3.63, 3.8) is 0 Å². The Morgan fingerprint density at radius 2 is 1.14 bits per heavy atom. The van der Waals surface area contributed by atoms with E-state index in [1.54, 1.807) is 0 Å². The fourth-order valence-corrected chi connectivity index (χ4v) is 6.42. The SMILES string of the molecule is CC(C)(C)c1ccc2c(c1)c1cc3c4ccccc4n(-c4cccc(-c5ccccn5)c4)c3cc1n2-c1ccccc1. The highest BCUT2D eigenvalue weighted by Crippen LogP contribution is 2.41. The molecule has 0 N–H and O–H groups in total. The van der Waals surface area contributed by atoms with Gasteiger partial charge < -0.3 is 9.13 Å². The second-order valence-corrected chi connectivity index (χ2v) is 12.2. The minimum atomic E-state index is 0.0636. The van der Waals surface area contributed by atoms with Gasteiger partial charge in [0.1, 0.15) is 0 Å². The number of para-hydroxylation sites is 2. The van der Waals surface area contributed by atoms with Crippen LogP contribution in [0.4, 0.5) is 0 Å². The monoisotopic (exact) mass is 541 g/mol. The molecule has 0 saturated heterocycles. The van der Waals surface area contributed by atoms with Crippen molar-refractivity contribution in [3.8, 4) is 22.6 Å². The Bertz CT molecular complexity index is 2260. The summed E-state index contributed by atoms with van der Waals surface area (Å²) in [6, 6.07) is 46.1. The zero-order valence-electron chi connectivity index (χ0n) is 24.0. The molecule has 3 aromatic heterocycles. The third kappa shape index (κ3) is 3.77. The van der Waals surface area contributed by atoms with Crippen molar-refractivity contribution in [1.29, 1.82) is 0 Å². The van der Waals surface area contributed by atoms with Gasteiger partial charge in [0.15, 0.2) is 0 Å². The summed E-state index contributed by atoms with van der Waals surface area (Å²) in [7, 11) is 0. The summed E-state index contributed by atoms with van der Waals surface area (Å²) in [6.45, 7) is 6.86. The third-order valence-electron chi connectivity index (χ3n) is 8.50. The van der Waals surface area contributed by atoms with E-state index in [1.807, 2.05) is 18.3 Å². The molecule has 0 radical (unpaired) electrons. The van der Waals surface area contributed by atoms with Crippen LogP contribution >= 0.6 is 0 Å². The van der Waals surface area contributed by atoms with Gasteiger partial charge in [-0.25, -0.2) is 0 Å². The Morgan fingerprint density at radius 3 is 1.93 bits per heavy atom. The Kier molecular flexibility index (Phi) is 5.39. The van der Waals surface area contributed by atoms with Gasteiger partial charge in [-0.1, -0.05) is 81.4 Å². The number of hydrogen-bond donors (Lipinski definition) is 0. The lowest BCUT2D eigenvalue weighted by Gasteiger charge is -2.19. The van der Waals surface area contributed by atoms with Crippen molar-refractivity contribution in [2.45, 2.75) is 26.2 Å². The van der Waals surface area contributed by atoms with Crippen molar-refractivity contribution in [2.75, 3.05) is 0 Å². The Balaban J connectivity index is 1.49. The molecule has 0 aliphatic carbocycles. The van der Waals surface area contributed by atoms with Crippen LogP contribution in [0.2, 0.25) is 0 Å². The second-order valence-electron chi connectivity index (χ2n) is 12.2. The van der Waals surface area contributed by atoms with Crippen LogP contribution in [0.25, 0.3) is 66.2 Å². The average Bonchev–Trinajstić information content (AvgIpc) is 3.52. The molecular weight excluding hydrogens is 510 g/mol. The van der Waals surface area contributed by atoms with Crippen molar-refractivity contribution in [1.82, 2.24) is 14.1 Å². The smallest absolute Gasteiger partial charge is 0.0702 e. The van der Waals surface area contributed by atoms with E-state index in [4.69, 9.17) is 0 Å². The van der Waals surface area contributed by atoms with E-state index in [0.717, 1.165) is 16.9 Å². The van der Waals surface area contributed by atoms with Crippen LogP contribution in [-0.2, 0) is 5.41 Å². The number of aromatic nitrogens is 3. The molecule has 0 bridgehead atoms. The zero-order chi connectivity index (χ0) is 28.4. The molecule has 8 aromatic rings. The molecule has 3 heterocycles. The van der Waals surface area contributed by atoms with Gasteiger partial charge in [0.25, 0.3) is 0 Å². The van der Waals surface area contributed by atoms with E-state index in [-0.39, 0.29) is 5.41 Å². The van der Waals surface area contributed by atoms with Gasteiger partial charge in [0.05, 0.1) is 27.8 Å². The predicted molar refractivity (Wildman–Crippen MR) is 177 cm³/mol. The van der Waals surface area contributed by atoms with E-state index >= 15 is 0 Å². The standard InChI is InChI=1S/C39H31N3/c1-39(2,3)27-19-20-36-31(23-27)33-24-32-30-16-7-8-18-35(30)42(29-15-11-12-26(22-29)34-17-9-10-21-40-34)37(32)25-38(33)41(36)28-13-5-4-6-14-28/h4-25H,1-3H3. The molecule has 0 unspecified atom stereocenters. The van der Waals surface area contributed by atoms with Crippen LogP contribution in [0.5, 0.6) is 0 Å². The first-order valence-corrected chi connectivity index (χ1v) is 14.6. The molecule has 3 nitrogen and oxygen atoms in total. The third-order valence-corrected chi connectivity index (χ3v) is 8.50. The second kappa shape index (κ2) is 9.19. The fraction of sp³-hybridized carbons (Fsp3) is 0.103. The van der Waals surface area contributed by atoms with E-state index in [9.17, 15) is 0 Å². The summed E-state index contributed by atoms with van der Waals surface area (Å²) in [5.74, 6) is 0. The number of hydrogen-bond acceptors (Lipinski definition) is 1. The Labute approximate surface area is 245 Å². The van der Waals surface area contributed by atoms with Crippen LogP contribution in [-0.4, -0.2) is 14.1 Å². The molecule has 0 fully saturated rings. The number of fused-ring (bicyclic) bond motifs is 6. The van der Waals surface area contributed by atoms with Crippen LogP contribution in [0.3, 0.4) is 0 Å². The first-order chi connectivity index (χ1) is 20.5. The first-order valence-electron chi connectivity index (χ1n) is 14.6. The molecule has 3 heteroatoms. The average molecular weight is 542 g/mol. The zero-order valence-corrected chi connectivity index (χ0v) is 24.0. The van der Waals surface area contributed by atoms with Crippen LogP contribution in [0.1, 0.15) is 26.3 Å². The minimum Gasteiger partial charge on any atom is -0.309 e. The number of pyridine rings is 1. The Morgan fingerprint density at radius 1 is 0.476 bits per heavy atom. The minimum absolute atomic E-state index is 0.0636. The maximum absolute atomic E-state index is 4.62. The molecule has 8 rings (SSSR count). The summed E-state index contributed by atoms with van der Waals surface area (Å²) < 4.78 is 4.83. The number of nitrogens with zero attached hydrogens (tertiary/aromatic N) is 3. The van der Waals surface area contributed by atoms with E-state index < -0.39 is 0 Å². The molecule has 0 amide bonds. The molecule has 0 spiro atoms. The van der Waals surface area contributed by atoms with E-state index in [0.29, 0.717) is 0 Å². The molecule has 202 valence electrons. The normalized spacial score (nSPS) is 12.2. The lowest BCUT2D eigenvalue weighted by molar-refractivity contribution is 0.591. The topological polar surface area (TPSA) is 22.8 Å². The van der Waals surface area contributed by atoms with Crippen LogP contribution in [0.15, 0.2) is 134 Å². The van der Waals surface area contributed by atoms with Crippen molar-refractivity contribution in [2.24, 2.45) is 0 Å². The number of rotatable bonds is 3. The highest BCUT2D eigenvalue weighted by Gasteiger charge is 2.21. The first kappa shape index (κ1) is 24.6. The van der Waals surface area contributed by atoms with Gasteiger partial charge in [-0.15, -0.1) is 0 Å². The van der Waals surface area contributed by atoms with Gasteiger partial charge in [-0.05, 0) is 77.7 Å². The highest BCUT2D eigenvalue weighted by atomic mass is 15.0. The largest absolute Gasteiger partial charge is 0.309 e. The van der Waals surface area contributed by atoms with E-state index in [1.165, 1.54) is 54.9 Å². The molecule has 5 aromatic carbocycles. The van der Waals surface area contributed by atoms with Gasteiger partial charge in [0, 0.05) is 44.7 Å². The maximum Gasteiger partial charge on any atom is 0.0702 e. The van der Waals surface area contributed by atoms with Crippen molar-refractivity contribution < 1.29 is 0 Å². The summed E-state index contributed by atoms with van der Waals surface area (Å²) in [6.07, 6.45) is 1.85. The molecule has 0 aliphatic rings. The molecule has 0 aliphatic heterocycles. The molecule has 0 atom stereocenters. The summed E-state index contributed by atoms with van der Waals surface area (Å²) in [5.41, 5.74) is 10.6. The van der Waals surface area contributed by atoms with Gasteiger partial charge in [0.2, 0.25) is 0 Å². The van der Waals surface area contributed by atoms with E-state index in [2.05, 4.69) is 150 Å². The Hall–Kier alpha value is -5.15. The van der Waals surface area contributed by atoms with Crippen molar-refractivity contribution >= 4 is 43.6 Å². The van der Waals surface area contributed by atoms with Crippen LogP contribution < -0.4 is 0 Å². The lowest BCUT2D eigenvalue weighted by Crippen LogP contribution is -2.10. The van der Waals surface area contributed by atoms with Crippen LogP contribution in [0, 0.1) is 0 Å². The quantitative estimate of drug-likeness (QED) is 0.218. The van der Waals surface area contributed by atoms with Gasteiger partial charge in [-0.3, -0.25) is 4.98 Å². The predicted octanol–water partition coefficient (Wildman–Crippen LogP) is 10.2. The molecule has 0 saturated carbocycles. The molecular formula is C39H31N3. The lowest BCUT2D eigenvalue weighted by atomic mass is 9.86. The van der Waals surface area contributed by atoms with Gasteiger partial charge >= 0.3 is 0 Å². The summed E-state index contributed by atoms with van der Waals surface area (Å²) in [5, 5.41) is 5.08. The molecule has 42 heavy (non-hydrogen) atoms. The highest BCUT2D eigenvalue weighted by molar-refractivity contribution is 6.19. The summed E-state index contributed by atoms with van der Waals surface area (Å²) >= 11 is 0. The van der Waals surface area contributed by atoms with Crippen molar-refractivity contribution in [3.05, 3.63) is 139 Å². The maximum atomic E-state index is 4.62. The summed E-state index contributed by atoms with van der Waals surface area (Å²) in [4.78, 5) is 4.62. The number of benzene rings is 5.